The fourth-order valence-electron chi connectivity index (χ4n) is 2.34. The lowest BCUT2D eigenvalue weighted by Crippen LogP contribution is -2.43. The smallest absolute Gasteiger partial charge is 0.273 e. The predicted octanol–water partition coefficient (Wildman–Crippen LogP) is 3.17. The number of thiophene rings is 1. The number of nitrogens with one attached hydrogen (secondary N) is 3. The summed E-state index contributed by atoms with van der Waals surface area (Å²) in [5.74, 6) is -0.0255. The molecular formula is C16H18N4O4S2. The van der Waals surface area contributed by atoms with E-state index in [1.54, 1.807) is 5.38 Å². The minimum atomic E-state index is -0.517. The normalized spacial score (nSPS) is 10.1. The fourth-order valence-corrected chi connectivity index (χ4v) is 3.44. The molecule has 0 fully saturated rings. The molecule has 1 aromatic heterocycles. The van der Waals surface area contributed by atoms with Crippen LogP contribution in [0.2, 0.25) is 0 Å². The standard InChI is InChI=1S/C16H18N4O4S2/c1-4-11-9(2)26-8-12(11)15(21)18-19-16(25)17-13-6-5-10(20(22)23)7-14(13)24-3/h5-8H,4H2,1-3H3,(H,18,21)(H2,17,19,25). The molecular weight excluding hydrogens is 376 g/mol. The molecule has 0 spiro atoms. The Morgan fingerprint density at radius 3 is 2.73 bits per heavy atom. The van der Waals surface area contributed by atoms with Crippen LogP contribution in [0, 0.1) is 17.0 Å². The van der Waals surface area contributed by atoms with E-state index in [1.807, 2.05) is 13.8 Å². The van der Waals surface area contributed by atoms with Crippen molar-refractivity contribution < 1.29 is 14.5 Å². The summed E-state index contributed by atoms with van der Waals surface area (Å²) in [6.45, 7) is 3.97. The minimum Gasteiger partial charge on any atom is -0.494 e. The third kappa shape index (κ3) is 4.46. The summed E-state index contributed by atoms with van der Waals surface area (Å²) in [6.07, 6.45) is 0.765. The number of amides is 1. The quantitative estimate of drug-likeness (QED) is 0.406. The van der Waals surface area contributed by atoms with Crippen LogP contribution in [-0.4, -0.2) is 23.1 Å². The monoisotopic (exact) mass is 394 g/mol. The lowest BCUT2D eigenvalue weighted by Gasteiger charge is -2.14. The molecule has 0 aliphatic rings. The van der Waals surface area contributed by atoms with Crippen molar-refractivity contribution in [3.05, 3.63) is 49.7 Å². The molecule has 0 unspecified atom stereocenters. The molecule has 26 heavy (non-hydrogen) atoms. The molecule has 2 rings (SSSR count). The zero-order chi connectivity index (χ0) is 19.3. The molecule has 0 aliphatic carbocycles. The molecule has 0 radical (unpaired) electrons. The summed E-state index contributed by atoms with van der Waals surface area (Å²) < 4.78 is 5.12. The van der Waals surface area contributed by atoms with Crippen LogP contribution in [-0.2, 0) is 6.42 Å². The molecule has 0 saturated heterocycles. The summed E-state index contributed by atoms with van der Waals surface area (Å²) in [5.41, 5.74) is 7.11. The number of rotatable bonds is 5. The van der Waals surface area contributed by atoms with Crippen molar-refractivity contribution in [3.8, 4) is 5.75 Å². The SMILES string of the molecule is CCc1c(C(=O)NNC(=S)Nc2ccc([N+](=O)[O-])cc2OC)csc1C. The topological polar surface area (TPSA) is 106 Å². The third-order valence-electron chi connectivity index (χ3n) is 3.64. The maximum atomic E-state index is 12.3. The number of methoxy groups -OCH3 is 1. The van der Waals surface area contributed by atoms with Gasteiger partial charge in [-0.25, -0.2) is 0 Å². The summed E-state index contributed by atoms with van der Waals surface area (Å²) in [4.78, 5) is 23.7. The molecule has 2 aromatic rings. The highest BCUT2D eigenvalue weighted by molar-refractivity contribution is 7.80. The van der Waals surface area contributed by atoms with Crippen molar-refractivity contribution in [2.45, 2.75) is 20.3 Å². The Morgan fingerprint density at radius 2 is 2.12 bits per heavy atom. The Hall–Kier alpha value is -2.72. The number of carbonyl (C=O) groups excluding carboxylic acids is 1. The first-order valence-corrected chi connectivity index (χ1v) is 8.92. The van der Waals surface area contributed by atoms with Gasteiger partial charge in [0.1, 0.15) is 5.75 Å². The summed E-state index contributed by atoms with van der Waals surface area (Å²) in [6, 6.07) is 4.09. The molecule has 1 heterocycles. The molecule has 0 saturated carbocycles. The summed E-state index contributed by atoms with van der Waals surface area (Å²) >= 11 is 6.66. The van der Waals surface area contributed by atoms with Gasteiger partial charge in [0.15, 0.2) is 5.11 Å². The Labute approximate surface area is 159 Å². The molecule has 0 bridgehead atoms. The summed E-state index contributed by atoms with van der Waals surface area (Å²) in [7, 11) is 1.40. The van der Waals surface area contributed by atoms with Gasteiger partial charge in [-0.1, -0.05) is 6.92 Å². The highest BCUT2D eigenvalue weighted by Crippen LogP contribution is 2.28. The number of ether oxygens (including phenoxy) is 1. The van der Waals surface area contributed by atoms with Crippen molar-refractivity contribution >= 4 is 45.9 Å². The fraction of sp³-hybridized carbons (Fsp3) is 0.250. The first kappa shape index (κ1) is 19.6. The minimum absolute atomic E-state index is 0.0977. The van der Waals surface area contributed by atoms with E-state index in [0.717, 1.165) is 16.9 Å². The van der Waals surface area contributed by atoms with Crippen LogP contribution < -0.4 is 20.9 Å². The average Bonchev–Trinajstić information content (AvgIpc) is 3.00. The second-order valence-corrected chi connectivity index (χ2v) is 6.70. The van der Waals surface area contributed by atoms with E-state index in [1.165, 1.54) is 36.6 Å². The van der Waals surface area contributed by atoms with Gasteiger partial charge < -0.3 is 10.1 Å². The van der Waals surface area contributed by atoms with Gasteiger partial charge in [-0.3, -0.25) is 25.8 Å². The molecule has 1 aromatic carbocycles. The van der Waals surface area contributed by atoms with E-state index in [0.29, 0.717) is 11.3 Å². The highest BCUT2D eigenvalue weighted by atomic mass is 32.1. The van der Waals surface area contributed by atoms with Crippen molar-refractivity contribution in [3.63, 3.8) is 0 Å². The Kier molecular flexibility index (Phi) is 6.47. The number of nitro groups is 1. The molecule has 0 aliphatic heterocycles. The lowest BCUT2D eigenvalue weighted by atomic mass is 10.1. The Balaban J connectivity index is 2.00. The van der Waals surface area contributed by atoms with Gasteiger partial charge in [0, 0.05) is 16.3 Å². The number of hydrogen-bond donors (Lipinski definition) is 3. The molecule has 8 nitrogen and oxygen atoms in total. The van der Waals surface area contributed by atoms with E-state index in [-0.39, 0.29) is 22.5 Å². The number of aryl methyl sites for hydroxylation is 1. The van der Waals surface area contributed by atoms with Crippen molar-refractivity contribution in [1.29, 1.82) is 0 Å². The van der Waals surface area contributed by atoms with Crippen LogP contribution >= 0.6 is 23.6 Å². The summed E-state index contributed by atoms with van der Waals surface area (Å²) in [5, 5.41) is 15.6. The number of nitrogens with zero attached hydrogens (tertiary/aromatic N) is 1. The zero-order valence-corrected chi connectivity index (χ0v) is 16.0. The number of carbonyl (C=O) groups is 1. The first-order valence-electron chi connectivity index (χ1n) is 7.64. The number of hydrazine groups is 1. The number of non-ortho nitro benzene ring substituents is 1. The zero-order valence-electron chi connectivity index (χ0n) is 14.4. The van der Waals surface area contributed by atoms with Crippen LogP contribution in [0.25, 0.3) is 0 Å². The van der Waals surface area contributed by atoms with Gasteiger partial charge in [0.2, 0.25) is 0 Å². The Bertz CT molecular complexity index is 851. The molecule has 3 N–H and O–H groups in total. The van der Waals surface area contributed by atoms with E-state index in [2.05, 4.69) is 16.2 Å². The lowest BCUT2D eigenvalue weighted by molar-refractivity contribution is -0.384. The predicted molar refractivity (Wildman–Crippen MR) is 105 cm³/mol. The average molecular weight is 394 g/mol. The number of hydrogen-bond acceptors (Lipinski definition) is 6. The second kappa shape index (κ2) is 8.59. The van der Waals surface area contributed by atoms with Crippen molar-refractivity contribution in [2.75, 3.05) is 12.4 Å². The largest absolute Gasteiger partial charge is 0.494 e. The number of nitro benzene ring substituents is 1. The van der Waals surface area contributed by atoms with E-state index >= 15 is 0 Å². The van der Waals surface area contributed by atoms with Crippen LogP contribution in [0.5, 0.6) is 5.75 Å². The number of thiocarbonyl (C=S) groups is 1. The van der Waals surface area contributed by atoms with Gasteiger partial charge >= 0.3 is 0 Å². The number of anilines is 1. The van der Waals surface area contributed by atoms with Gasteiger partial charge in [0.05, 0.1) is 29.4 Å². The number of benzene rings is 1. The molecule has 10 heteroatoms. The molecule has 138 valence electrons. The van der Waals surface area contributed by atoms with Crippen LogP contribution in [0.3, 0.4) is 0 Å². The Morgan fingerprint density at radius 1 is 1.38 bits per heavy atom. The van der Waals surface area contributed by atoms with Crippen LogP contribution in [0.4, 0.5) is 11.4 Å². The van der Waals surface area contributed by atoms with E-state index < -0.39 is 4.92 Å². The van der Waals surface area contributed by atoms with Crippen molar-refractivity contribution in [2.24, 2.45) is 0 Å². The van der Waals surface area contributed by atoms with Gasteiger partial charge in [-0.2, -0.15) is 0 Å². The van der Waals surface area contributed by atoms with Crippen LogP contribution in [0.1, 0.15) is 27.7 Å². The maximum Gasteiger partial charge on any atom is 0.273 e. The third-order valence-corrected chi connectivity index (χ3v) is 4.79. The molecule has 0 atom stereocenters. The van der Waals surface area contributed by atoms with Gasteiger partial charge in [-0.05, 0) is 37.2 Å². The second-order valence-electron chi connectivity index (χ2n) is 5.21. The first-order chi connectivity index (χ1) is 12.4. The highest BCUT2D eigenvalue weighted by Gasteiger charge is 2.15. The van der Waals surface area contributed by atoms with Gasteiger partial charge in [-0.15, -0.1) is 11.3 Å². The molecule has 1 amide bonds. The van der Waals surface area contributed by atoms with E-state index in [4.69, 9.17) is 17.0 Å². The van der Waals surface area contributed by atoms with Crippen LogP contribution in [0.15, 0.2) is 23.6 Å². The van der Waals surface area contributed by atoms with Crippen molar-refractivity contribution in [1.82, 2.24) is 10.9 Å². The van der Waals surface area contributed by atoms with E-state index in [9.17, 15) is 14.9 Å². The maximum absolute atomic E-state index is 12.3. The van der Waals surface area contributed by atoms with Gasteiger partial charge in [0.25, 0.3) is 11.6 Å².